The van der Waals surface area contributed by atoms with Crippen LogP contribution in [0.4, 0.5) is 0 Å². The van der Waals surface area contributed by atoms with Crippen molar-refractivity contribution >= 4 is 17.8 Å². The summed E-state index contributed by atoms with van der Waals surface area (Å²) in [7, 11) is 0. The first-order valence-electron chi connectivity index (χ1n) is 7.06. The largest absolute Gasteiger partial charge is 0.480 e. The van der Waals surface area contributed by atoms with E-state index >= 15 is 0 Å². The van der Waals surface area contributed by atoms with Crippen LogP contribution in [-0.4, -0.2) is 83.4 Å². The Morgan fingerprint density at radius 2 is 1.55 bits per heavy atom. The third kappa shape index (κ3) is 4.01. The predicted octanol–water partition coefficient (Wildman–Crippen LogP) is -0.772. The van der Waals surface area contributed by atoms with Gasteiger partial charge in [0.15, 0.2) is 0 Å². The quantitative estimate of drug-likeness (QED) is 0.667. The van der Waals surface area contributed by atoms with E-state index in [0.717, 1.165) is 26.1 Å². The highest BCUT2D eigenvalue weighted by Gasteiger charge is 2.29. The first-order chi connectivity index (χ1) is 9.56. The molecule has 0 atom stereocenters. The van der Waals surface area contributed by atoms with E-state index in [4.69, 9.17) is 5.11 Å². The summed E-state index contributed by atoms with van der Waals surface area (Å²) in [6.07, 6.45) is 1.59. The second kappa shape index (κ2) is 6.81. The van der Waals surface area contributed by atoms with Gasteiger partial charge in [0.25, 0.3) is 0 Å². The molecule has 2 amide bonds. The van der Waals surface area contributed by atoms with Crippen molar-refractivity contribution in [1.29, 1.82) is 0 Å². The van der Waals surface area contributed by atoms with Crippen molar-refractivity contribution in [3.8, 4) is 0 Å². The minimum atomic E-state index is -0.799. The van der Waals surface area contributed by atoms with Crippen molar-refractivity contribution in [2.24, 2.45) is 0 Å². The highest BCUT2D eigenvalue weighted by Crippen LogP contribution is 2.11. The Morgan fingerprint density at radius 3 is 2.20 bits per heavy atom. The van der Waals surface area contributed by atoms with Gasteiger partial charge < -0.3 is 10.0 Å². The number of aliphatic carboxylic acids is 1. The summed E-state index contributed by atoms with van der Waals surface area (Å²) in [6.45, 7) is 4.38. The van der Waals surface area contributed by atoms with Crippen LogP contribution in [0.3, 0.4) is 0 Å². The van der Waals surface area contributed by atoms with E-state index in [1.165, 1.54) is 4.90 Å². The Hall–Kier alpha value is -1.47. The fourth-order valence-electron chi connectivity index (χ4n) is 2.71. The average molecular weight is 283 g/mol. The molecule has 20 heavy (non-hydrogen) atoms. The highest BCUT2D eigenvalue weighted by atomic mass is 16.4. The predicted molar refractivity (Wildman–Crippen MR) is 71.1 cm³/mol. The minimum Gasteiger partial charge on any atom is -0.480 e. The van der Waals surface area contributed by atoms with Gasteiger partial charge in [-0.2, -0.15) is 0 Å². The molecule has 0 bridgehead atoms. The van der Waals surface area contributed by atoms with Gasteiger partial charge in [-0.05, 0) is 13.0 Å². The van der Waals surface area contributed by atoms with Crippen LogP contribution in [0.2, 0.25) is 0 Å². The third-order valence-electron chi connectivity index (χ3n) is 3.83. The topological polar surface area (TPSA) is 81.2 Å². The molecule has 0 aromatic heterocycles. The van der Waals surface area contributed by atoms with E-state index in [2.05, 4.69) is 4.90 Å². The molecule has 1 N–H and O–H groups in total. The van der Waals surface area contributed by atoms with Crippen molar-refractivity contribution in [1.82, 2.24) is 14.7 Å². The molecule has 2 aliphatic rings. The second-order valence-corrected chi connectivity index (χ2v) is 5.30. The first kappa shape index (κ1) is 14.9. The average Bonchev–Trinajstić information content (AvgIpc) is 2.60. The van der Waals surface area contributed by atoms with Crippen LogP contribution in [0.5, 0.6) is 0 Å². The second-order valence-electron chi connectivity index (χ2n) is 5.30. The summed E-state index contributed by atoms with van der Waals surface area (Å²) >= 11 is 0. The molecule has 2 aliphatic heterocycles. The van der Waals surface area contributed by atoms with Gasteiger partial charge in [0.2, 0.25) is 11.8 Å². The minimum absolute atomic E-state index is 0.0719. The summed E-state index contributed by atoms with van der Waals surface area (Å²) in [5.41, 5.74) is 0. The summed E-state index contributed by atoms with van der Waals surface area (Å²) < 4.78 is 0. The number of carbonyl (C=O) groups excluding carboxylic acids is 2. The number of likely N-dealkylation sites (tertiary alicyclic amines) is 1. The van der Waals surface area contributed by atoms with Gasteiger partial charge >= 0.3 is 5.97 Å². The molecule has 0 unspecified atom stereocenters. The van der Waals surface area contributed by atoms with Crippen LogP contribution in [0.25, 0.3) is 0 Å². The summed E-state index contributed by atoms with van der Waals surface area (Å²) in [5.74, 6) is -0.943. The lowest BCUT2D eigenvalue weighted by Crippen LogP contribution is -2.39. The monoisotopic (exact) mass is 283 g/mol. The number of carboxylic acids is 1. The molecule has 112 valence electrons. The van der Waals surface area contributed by atoms with Crippen molar-refractivity contribution in [3.05, 3.63) is 0 Å². The summed E-state index contributed by atoms with van der Waals surface area (Å²) in [6, 6.07) is 0. The maximum atomic E-state index is 11.5. The van der Waals surface area contributed by atoms with E-state index in [0.29, 0.717) is 32.5 Å². The molecular weight excluding hydrogens is 262 g/mol. The maximum absolute atomic E-state index is 11.5. The lowest BCUT2D eigenvalue weighted by Gasteiger charge is -2.23. The van der Waals surface area contributed by atoms with Crippen molar-refractivity contribution in [3.63, 3.8) is 0 Å². The lowest BCUT2D eigenvalue weighted by atomic mass is 10.3. The molecule has 0 aromatic rings. The van der Waals surface area contributed by atoms with Crippen molar-refractivity contribution in [2.45, 2.75) is 19.3 Å². The number of imide groups is 1. The molecule has 7 heteroatoms. The maximum Gasteiger partial charge on any atom is 0.317 e. The number of amides is 2. The zero-order valence-electron chi connectivity index (χ0n) is 11.6. The van der Waals surface area contributed by atoms with Crippen molar-refractivity contribution in [2.75, 3.05) is 45.8 Å². The molecule has 2 fully saturated rings. The third-order valence-corrected chi connectivity index (χ3v) is 3.83. The van der Waals surface area contributed by atoms with Crippen LogP contribution in [0.1, 0.15) is 19.3 Å². The van der Waals surface area contributed by atoms with Crippen molar-refractivity contribution < 1.29 is 19.5 Å². The van der Waals surface area contributed by atoms with Crippen LogP contribution < -0.4 is 0 Å². The summed E-state index contributed by atoms with van der Waals surface area (Å²) in [4.78, 5) is 39.2. The Morgan fingerprint density at radius 1 is 0.950 bits per heavy atom. The Kier molecular flexibility index (Phi) is 5.08. The molecular formula is C13H21N3O4. The molecule has 0 aliphatic carbocycles. The van der Waals surface area contributed by atoms with Gasteiger partial charge in [0, 0.05) is 45.6 Å². The Labute approximate surface area is 118 Å². The molecule has 0 spiro atoms. The van der Waals surface area contributed by atoms with E-state index in [1.807, 2.05) is 4.90 Å². The van der Waals surface area contributed by atoms with E-state index in [1.54, 1.807) is 0 Å². The first-order valence-corrected chi connectivity index (χ1v) is 7.06. The van der Waals surface area contributed by atoms with E-state index in [9.17, 15) is 14.4 Å². The smallest absolute Gasteiger partial charge is 0.317 e. The molecule has 2 saturated heterocycles. The Balaban J connectivity index is 1.75. The number of hydrogen-bond acceptors (Lipinski definition) is 5. The fraction of sp³-hybridized carbons (Fsp3) is 0.769. The molecule has 0 aromatic carbocycles. The number of carboxylic acid groups (broad SMARTS) is 1. The zero-order chi connectivity index (χ0) is 14.5. The van der Waals surface area contributed by atoms with Gasteiger partial charge in [-0.3, -0.25) is 24.2 Å². The lowest BCUT2D eigenvalue weighted by molar-refractivity contribution is -0.139. The van der Waals surface area contributed by atoms with Gasteiger partial charge in [-0.25, -0.2) is 0 Å². The molecule has 0 saturated carbocycles. The zero-order valence-corrected chi connectivity index (χ0v) is 11.6. The molecule has 7 nitrogen and oxygen atoms in total. The van der Waals surface area contributed by atoms with Crippen LogP contribution in [0.15, 0.2) is 0 Å². The molecule has 2 rings (SSSR count). The normalized spacial score (nSPS) is 22.3. The number of hydrogen-bond donors (Lipinski definition) is 1. The molecule has 2 heterocycles. The van der Waals surface area contributed by atoms with Gasteiger partial charge in [-0.15, -0.1) is 0 Å². The standard InChI is InChI=1S/C13H21N3O4/c17-11-2-3-12(18)16(11)9-8-14-4-1-5-15(7-6-14)10-13(19)20/h1-10H2,(H,19,20). The van der Waals surface area contributed by atoms with Crippen LogP contribution in [0, 0.1) is 0 Å². The number of nitrogens with zero attached hydrogens (tertiary/aromatic N) is 3. The fourth-order valence-corrected chi connectivity index (χ4v) is 2.71. The van der Waals surface area contributed by atoms with E-state index in [-0.39, 0.29) is 18.4 Å². The molecule has 0 radical (unpaired) electrons. The highest BCUT2D eigenvalue weighted by molar-refractivity contribution is 6.01. The van der Waals surface area contributed by atoms with Gasteiger partial charge in [-0.1, -0.05) is 0 Å². The summed E-state index contributed by atoms with van der Waals surface area (Å²) in [5, 5.41) is 8.79. The number of carbonyl (C=O) groups is 3. The van der Waals surface area contributed by atoms with Crippen LogP contribution in [-0.2, 0) is 14.4 Å². The van der Waals surface area contributed by atoms with Crippen LogP contribution >= 0.6 is 0 Å². The Bertz CT molecular complexity index is 383. The van der Waals surface area contributed by atoms with Gasteiger partial charge in [0.05, 0.1) is 6.54 Å². The van der Waals surface area contributed by atoms with E-state index < -0.39 is 5.97 Å². The van der Waals surface area contributed by atoms with Gasteiger partial charge in [0.1, 0.15) is 0 Å². The SMILES string of the molecule is O=C(O)CN1CCCN(CCN2C(=O)CCC2=O)CC1. The number of rotatable bonds is 5.